The first-order chi connectivity index (χ1) is 9.70. The monoisotopic (exact) mass is 263 g/mol. The van der Waals surface area contributed by atoms with Gasteiger partial charge in [0, 0.05) is 16.9 Å². The maximum absolute atomic E-state index is 3.93. The average Bonchev–Trinajstić information content (AvgIpc) is 2.46. The van der Waals surface area contributed by atoms with Crippen LogP contribution in [0.5, 0.6) is 0 Å². The highest BCUT2D eigenvalue weighted by atomic mass is 14.9. The van der Waals surface area contributed by atoms with Crippen LogP contribution in [-0.4, -0.2) is 0 Å². The number of aryl methyl sites for hydroxylation is 1. The van der Waals surface area contributed by atoms with Crippen molar-refractivity contribution in [1.29, 1.82) is 0 Å². The summed E-state index contributed by atoms with van der Waals surface area (Å²) in [4.78, 5) is 0. The molecule has 0 aliphatic rings. The third-order valence-corrected chi connectivity index (χ3v) is 3.17. The van der Waals surface area contributed by atoms with Crippen LogP contribution >= 0.6 is 0 Å². The number of benzene rings is 2. The van der Waals surface area contributed by atoms with Crippen LogP contribution < -0.4 is 5.32 Å². The standard InChI is InChI=1S/C19H21N/c1-4-17-11-8-12-19(20-15(2)3)18(17)14-13-16-9-6-5-7-10-16/h5-14,20H,2,4H2,1,3H3/b14-13+. The van der Waals surface area contributed by atoms with E-state index in [4.69, 9.17) is 0 Å². The summed E-state index contributed by atoms with van der Waals surface area (Å²) < 4.78 is 0. The molecule has 20 heavy (non-hydrogen) atoms. The summed E-state index contributed by atoms with van der Waals surface area (Å²) in [5.41, 5.74) is 5.85. The molecule has 1 nitrogen and oxygen atoms in total. The normalized spacial score (nSPS) is 10.7. The summed E-state index contributed by atoms with van der Waals surface area (Å²) in [5.74, 6) is 0. The lowest BCUT2D eigenvalue weighted by Crippen LogP contribution is -1.98. The van der Waals surface area contributed by atoms with E-state index < -0.39 is 0 Å². The molecule has 2 aromatic rings. The molecule has 0 aromatic heterocycles. The smallest absolute Gasteiger partial charge is 0.0457 e. The molecular weight excluding hydrogens is 242 g/mol. The Morgan fingerprint density at radius 3 is 2.45 bits per heavy atom. The minimum Gasteiger partial charge on any atom is -0.359 e. The first-order valence-corrected chi connectivity index (χ1v) is 6.98. The van der Waals surface area contributed by atoms with Gasteiger partial charge in [-0.3, -0.25) is 0 Å². The van der Waals surface area contributed by atoms with Crippen LogP contribution in [-0.2, 0) is 6.42 Å². The fourth-order valence-corrected chi connectivity index (χ4v) is 2.20. The highest BCUT2D eigenvalue weighted by Gasteiger charge is 2.04. The van der Waals surface area contributed by atoms with Crippen molar-refractivity contribution in [1.82, 2.24) is 0 Å². The van der Waals surface area contributed by atoms with Gasteiger partial charge >= 0.3 is 0 Å². The Hall–Kier alpha value is -2.28. The number of anilines is 1. The molecule has 1 N–H and O–H groups in total. The van der Waals surface area contributed by atoms with Crippen LogP contribution in [0.25, 0.3) is 12.2 Å². The number of hydrogen-bond acceptors (Lipinski definition) is 1. The van der Waals surface area contributed by atoms with Crippen LogP contribution in [0.2, 0.25) is 0 Å². The van der Waals surface area contributed by atoms with Crippen LogP contribution in [0.1, 0.15) is 30.5 Å². The van der Waals surface area contributed by atoms with E-state index in [-0.39, 0.29) is 0 Å². The Morgan fingerprint density at radius 2 is 1.80 bits per heavy atom. The van der Waals surface area contributed by atoms with Crippen molar-refractivity contribution in [2.24, 2.45) is 0 Å². The van der Waals surface area contributed by atoms with Gasteiger partial charge in [0.25, 0.3) is 0 Å². The molecule has 0 radical (unpaired) electrons. The van der Waals surface area contributed by atoms with Gasteiger partial charge in [-0.2, -0.15) is 0 Å². The van der Waals surface area contributed by atoms with Gasteiger partial charge in [0.05, 0.1) is 0 Å². The highest BCUT2D eigenvalue weighted by molar-refractivity contribution is 5.79. The first kappa shape index (κ1) is 14.1. The summed E-state index contributed by atoms with van der Waals surface area (Å²) in [7, 11) is 0. The summed E-state index contributed by atoms with van der Waals surface area (Å²) in [6.07, 6.45) is 5.34. The van der Waals surface area contributed by atoms with Crippen LogP contribution in [0.15, 0.2) is 60.8 Å². The molecule has 102 valence electrons. The number of allylic oxidation sites excluding steroid dienone is 1. The molecule has 0 spiro atoms. The Kier molecular flexibility index (Phi) is 4.78. The zero-order chi connectivity index (χ0) is 14.4. The Labute approximate surface area is 121 Å². The van der Waals surface area contributed by atoms with Crippen molar-refractivity contribution in [3.05, 3.63) is 77.5 Å². The van der Waals surface area contributed by atoms with Crippen molar-refractivity contribution in [3.63, 3.8) is 0 Å². The second-order valence-electron chi connectivity index (χ2n) is 4.88. The van der Waals surface area contributed by atoms with Gasteiger partial charge in [-0.05, 0) is 30.5 Å². The molecule has 0 fully saturated rings. The van der Waals surface area contributed by atoms with Crippen molar-refractivity contribution < 1.29 is 0 Å². The van der Waals surface area contributed by atoms with Gasteiger partial charge in [-0.1, -0.05) is 68.1 Å². The van der Waals surface area contributed by atoms with Crippen molar-refractivity contribution in [2.45, 2.75) is 20.3 Å². The van der Waals surface area contributed by atoms with E-state index in [0.29, 0.717) is 0 Å². The van der Waals surface area contributed by atoms with E-state index in [0.717, 1.165) is 17.8 Å². The Bertz CT molecular complexity index is 609. The van der Waals surface area contributed by atoms with E-state index in [1.165, 1.54) is 16.7 Å². The summed E-state index contributed by atoms with van der Waals surface area (Å²) in [5, 5.41) is 3.34. The van der Waals surface area contributed by atoms with Crippen molar-refractivity contribution in [2.75, 3.05) is 5.32 Å². The average molecular weight is 263 g/mol. The zero-order valence-electron chi connectivity index (χ0n) is 12.2. The van der Waals surface area contributed by atoms with E-state index in [1.807, 2.05) is 13.0 Å². The lowest BCUT2D eigenvalue weighted by molar-refractivity contribution is 1.13. The first-order valence-electron chi connectivity index (χ1n) is 6.98. The molecule has 2 aromatic carbocycles. The van der Waals surface area contributed by atoms with Crippen LogP contribution in [0.4, 0.5) is 5.69 Å². The minimum absolute atomic E-state index is 0.951. The molecule has 0 saturated carbocycles. The van der Waals surface area contributed by atoms with E-state index in [1.54, 1.807) is 0 Å². The molecule has 0 unspecified atom stereocenters. The number of rotatable bonds is 5. The van der Waals surface area contributed by atoms with Crippen molar-refractivity contribution in [3.8, 4) is 0 Å². The van der Waals surface area contributed by atoms with E-state index in [9.17, 15) is 0 Å². The molecule has 0 saturated heterocycles. The maximum Gasteiger partial charge on any atom is 0.0457 e. The Morgan fingerprint density at radius 1 is 1.05 bits per heavy atom. The molecule has 0 aliphatic heterocycles. The van der Waals surface area contributed by atoms with E-state index in [2.05, 4.69) is 73.4 Å². The third kappa shape index (κ3) is 3.61. The van der Waals surface area contributed by atoms with Gasteiger partial charge in [-0.25, -0.2) is 0 Å². The third-order valence-electron chi connectivity index (χ3n) is 3.17. The fourth-order valence-electron chi connectivity index (χ4n) is 2.20. The molecule has 0 atom stereocenters. The molecular formula is C19H21N. The molecule has 0 bridgehead atoms. The predicted molar refractivity (Wildman–Crippen MR) is 89.6 cm³/mol. The zero-order valence-corrected chi connectivity index (χ0v) is 12.2. The summed E-state index contributed by atoms with van der Waals surface area (Å²) >= 11 is 0. The number of nitrogens with one attached hydrogen (secondary N) is 1. The number of hydrogen-bond donors (Lipinski definition) is 1. The Balaban J connectivity index is 2.38. The molecule has 0 amide bonds. The van der Waals surface area contributed by atoms with Gasteiger partial charge in [0.2, 0.25) is 0 Å². The largest absolute Gasteiger partial charge is 0.359 e. The summed E-state index contributed by atoms with van der Waals surface area (Å²) in [6, 6.07) is 16.7. The van der Waals surface area contributed by atoms with Gasteiger partial charge < -0.3 is 5.32 Å². The molecule has 0 aliphatic carbocycles. The maximum atomic E-state index is 3.93. The minimum atomic E-state index is 0.951. The van der Waals surface area contributed by atoms with Gasteiger partial charge in [0.1, 0.15) is 0 Å². The molecule has 0 heterocycles. The van der Waals surface area contributed by atoms with E-state index >= 15 is 0 Å². The second kappa shape index (κ2) is 6.76. The quantitative estimate of drug-likeness (QED) is 0.715. The topological polar surface area (TPSA) is 12.0 Å². The summed E-state index contributed by atoms with van der Waals surface area (Å²) in [6.45, 7) is 8.09. The lowest BCUT2D eigenvalue weighted by Gasteiger charge is -2.13. The van der Waals surface area contributed by atoms with Crippen LogP contribution in [0.3, 0.4) is 0 Å². The van der Waals surface area contributed by atoms with Gasteiger partial charge in [0.15, 0.2) is 0 Å². The van der Waals surface area contributed by atoms with Crippen molar-refractivity contribution >= 4 is 17.8 Å². The fraction of sp³-hybridized carbons (Fsp3) is 0.158. The highest BCUT2D eigenvalue weighted by Crippen LogP contribution is 2.24. The van der Waals surface area contributed by atoms with Crippen LogP contribution in [0, 0.1) is 0 Å². The lowest BCUT2D eigenvalue weighted by atomic mass is 10.0. The predicted octanol–water partition coefficient (Wildman–Crippen LogP) is 5.36. The second-order valence-corrected chi connectivity index (χ2v) is 4.88. The molecule has 2 rings (SSSR count). The van der Waals surface area contributed by atoms with Gasteiger partial charge in [-0.15, -0.1) is 0 Å². The molecule has 1 heteroatoms. The SMILES string of the molecule is C=C(C)Nc1cccc(CC)c1/C=C/c1ccccc1.